The van der Waals surface area contributed by atoms with Crippen LogP contribution in [0.4, 0.5) is 0 Å². The van der Waals surface area contributed by atoms with Crippen molar-refractivity contribution in [2.24, 2.45) is 0 Å². The van der Waals surface area contributed by atoms with E-state index in [-0.39, 0.29) is 10.6 Å². The quantitative estimate of drug-likeness (QED) is 0.873. The first-order valence-corrected chi connectivity index (χ1v) is 7.33. The highest BCUT2D eigenvalue weighted by atomic mass is 79.9. The molecule has 1 heterocycles. The number of rotatable bonds is 3. The number of halogens is 1. The molecule has 0 saturated carbocycles. The van der Waals surface area contributed by atoms with E-state index in [9.17, 15) is 8.42 Å². The van der Waals surface area contributed by atoms with Gasteiger partial charge in [0.2, 0.25) is 0 Å². The van der Waals surface area contributed by atoms with E-state index < -0.39 is 9.84 Å². The number of aryl methyl sites for hydroxylation is 1. The first-order valence-electron chi connectivity index (χ1n) is 4.88. The number of sulfone groups is 1. The van der Waals surface area contributed by atoms with Crippen LogP contribution < -0.4 is 0 Å². The molecule has 4 nitrogen and oxygen atoms in total. The number of nitrogens with zero attached hydrogens (tertiary/aromatic N) is 1. The molecule has 0 atom stereocenters. The van der Waals surface area contributed by atoms with Crippen molar-refractivity contribution in [3.8, 4) is 0 Å². The Hall–Kier alpha value is -1.14. The summed E-state index contributed by atoms with van der Waals surface area (Å²) in [7, 11) is -3.41. The Morgan fingerprint density at radius 3 is 2.65 bits per heavy atom. The van der Waals surface area contributed by atoms with E-state index in [4.69, 9.17) is 4.52 Å². The molecule has 1 aromatic carbocycles. The molecule has 0 aliphatic carbocycles. The molecule has 17 heavy (non-hydrogen) atoms. The first kappa shape index (κ1) is 12.3. The summed E-state index contributed by atoms with van der Waals surface area (Å²) >= 11 is 3.23. The van der Waals surface area contributed by atoms with Gasteiger partial charge in [-0.1, -0.05) is 17.3 Å². The predicted octanol–water partition coefficient (Wildman–Crippen LogP) is 2.72. The van der Waals surface area contributed by atoms with Crippen molar-refractivity contribution in [3.63, 3.8) is 0 Å². The molecule has 0 fully saturated rings. The molecule has 0 aliphatic heterocycles. The number of benzene rings is 1. The van der Waals surface area contributed by atoms with Crippen LogP contribution >= 0.6 is 15.9 Å². The first-order chi connectivity index (χ1) is 7.99. The van der Waals surface area contributed by atoms with Crippen LogP contribution in [0, 0.1) is 6.92 Å². The molecular formula is C11H10BrNO3S. The fourth-order valence-corrected chi connectivity index (χ4v) is 3.79. The lowest BCUT2D eigenvalue weighted by Crippen LogP contribution is -2.05. The maximum atomic E-state index is 12.1. The molecule has 0 aliphatic rings. The van der Waals surface area contributed by atoms with Crippen LogP contribution in [0.15, 0.2) is 44.2 Å². The van der Waals surface area contributed by atoms with Crippen LogP contribution in [-0.4, -0.2) is 13.6 Å². The zero-order valence-electron chi connectivity index (χ0n) is 9.05. The summed E-state index contributed by atoms with van der Waals surface area (Å²) in [6.07, 6.45) is 0. The van der Waals surface area contributed by atoms with E-state index in [0.29, 0.717) is 15.9 Å². The molecule has 2 rings (SSSR count). The second kappa shape index (κ2) is 4.62. The Morgan fingerprint density at radius 1 is 1.35 bits per heavy atom. The topological polar surface area (TPSA) is 60.2 Å². The normalized spacial score (nSPS) is 11.6. The molecular weight excluding hydrogens is 306 g/mol. The molecule has 0 N–H and O–H groups in total. The third kappa shape index (κ3) is 2.76. The molecule has 6 heteroatoms. The molecule has 0 unspecified atom stereocenters. The summed E-state index contributed by atoms with van der Waals surface area (Å²) in [6.45, 7) is 1.75. The van der Waals surface area contributed by atoms with Crippen LogP contribution in [-0.2, 0) is 15.6 Å². The fraction of sp³-hybridized carbons (Fsp3) is 0.182. The minimum absolute atomic E-state index is 0.184. The lowest BCUT2D eigenvalue weighted by Gasteiger charge is -2.03. The van der Waals surface area contributed by atoms with Gasteiger partial charge >= 0.3 is 0 Å². The summed E-state index contributed by atoms with van der Waals surface area (Å²) in [6, 6.07) is 8.32. The molecule has 90 valence electrons. The van der Waals surface area contributed by atoms with Gasteiger partial charge in [0.25, 0.3) is 0 Å². The van der Waals surface area contributed by atoms with Crippen molar-refractivity contribution < 1.29 is 12.9 Å². The SMILES string of the molecule is Cc1cc(CS(=O)(=O)c2ccccc2Br)on1. The fourth-order valence-electron chi connectivity index (χ4n) is 1.45. The van der Waals surface area contributed by atoms with Gasteiger partial charge in [0, 0.05) is 10.5 Å². The van der Waals surface area contributed by atoms with Crippen LogP contribution in [0.1, 0.15) is 11.5 Å². The molecule has 0 bridgehead atoms. The molecule has 2 aromatic rings. The van der Waals surface area contributed by atoms with Crippen molar-refractivity contribution in [3.05, 3.63) is 46.3 Å². The van der Waals surface area contributed by atoms with E-state index in [1.165, 1.54) is 0 Å². The Kier molecular flexibility index (Phi) is 3.35. The van der Waals surface area contributed by atoms with Gasteiger partial charge in [-0.25, -0.2) is 8.42 Å². The van der Waals surface area contributed by atoms with Gasteiger partial charge in [0.05, 0.1) is 10.6 Å². The molecule has 0 spiro atoms. The number of aromatic nitrogens is 1. The second-order valence-electron chi connectivity index (χ2n) is 3.62. The van der Waals surface area contributed by atoms with E-state index in [2.05, 4.69) is 21.1 Å². The van der Waals surface area contributed by atoms with Crippen molar-refractivity contribution in [2.45, 2.75) is 17.6 Å². The minimum Gasteiger partial charge on any atom is -0.360 e. The summed E-state index contributed by atoms with van der Waals surface area (Å²) < 4.78 is 29.7. The zero-order valence-corrected chi connectivity index (χ0v) is 11.5. The molecule has 1 aromatic heterocycles. The van der Waals surface area contributed by atoms with Crippen LogP contribution in [0.5, 0.6) is 0 Å². The van der Waals surface area contributed by atoms with E-state index >= 15 is 0 Å². The Balaban J connectivity index is 2.35. The number of hydrogen-bond acceptors (Lipinski definition) is 4. The van der Waals surface area contributed by atoms with Crippen LogP contribution in [0.2, 0.25) is 0 Å². The van der Waals surface area contributed by atoms with Crippen molar-refractivity contribution in [2.75, 3.05) is 0 Å². The third-order valence-corrected chi connectivity index (χ3v) is 4.83. The molecule has 0 amide bonds. The summed E-state index contributed by atoms with van der Waals surface area (Å²) in [5.74, 6) is 0.162. The van der Waals surface area contributed by atoms with Gasteiger partial charge in [-0.3, -0.25) is 0 Å². The lowest BCUT2D eigenvalue weighted by molar-refractivity contribution is 0.388. The van der Waals surface area contributed by atoms with Gasteiger partial charge in [-0.05, 0) is 35.0 Å². The monoisotopic (exact) mass is 315 g/mol. The van der Waals surface area contributed by atoms with Gasteiger partial charge in [-0.2, -0.15) is 0 Å². The predicted molar refractivity (Wildman–Crippen MR) is 66.3 cm³/mol. The van der Waals surface area contributed by atoms with E-state index in [1.54, 1.807) is 37.3 Å². The molecule has 0 saturated heterocycles. The van der Waals surface area contributed by atoms with Gasteiger partial charge < -0.3 is 4.52 Å². The summed E-state index contributed by atoms with van der Waals surface area (Å²) in [5, 5.41) is 3.67. The van der Waals surface area contributed by atoms with E-state index in [1.807, 2.05) is 0 Å². The number of hydrogen-bond donors (Lipinski definition) is 0. The van der Waals surface area contributed by atoms with Crippen molar-refractivity contribution in [1.29, 1.82) is 0 Å². The summed E-state index contributed by atoms with van der Waals surface area (Å²) in [4.78, 5) is 0.258. The Bertz CT molecular complexity index is 634. The maximum absolute atomic E-state index is 12.1. The van der Waals surface area contributed by atoms with Crippen LogP contribution in [0.3, 0.4) is 0 Å². The van der Waals surface area contributed by atoms with Crippen molar-refractivity contribution in [1.82, 2.24) is 5.16 Å². The van der Waals surface area contributed by atoms with Crippen LogP contribution in [0.25, 0.3) is 0 Å². The highest BCUT2D eigenvalue weighted by molar-refractivity contribution is 9.10. The van der Waals surface area contributed by atoms with Gasteiger partial charge in [-0.15, -0.1) is 0 Å². The maximum Gasteiger partial charge on any atom is 0.186 e. The Morgan fingerprint density at radius 2 is 2.06 bits per heavy atom. The second-order valence-corrected chi connectivity index (χ2v) is 6.44. The van der Waals surface area contributed by atoms with Gasteiger partial charge in [0.15, 0.2) is 15.6 Å². The minimum atomic E-state index is -3.41. The zero-order chi connectivity index (χ0) is 12.5. The van der Waals surface area contributed by atoms with Crippen molar-refractivity contribution >= 4 is 25.8 Å². The lowest BCUT2D eigenvalue weighted by atomic mass is 10.4. The Labute approximate surface area is 108 Å². The standard InChI is InChI=1S/C11H10BrNO3S/c1-8-6-9(16-13-8)7-17(14,15)11-5-3-2-4-10(11)12/h2-6H,7H2,1H3. The van der Waals surface area contributed by atoms with Gasteiger partial charge in [0.1, 0.15) is 5.75 Å². The highest BCUT2D eigenvalue weighted by Crippen LogP contribution is 2.24. The third-order valence-electron chi connectivity index (χ3n) is 2.18. The highest BCUT2D eigenvalue weighted by Gasteiger charge is 2.20. The summed E-state index contributed by atoms with van der Waals surface area (Å²) in [5.41, 5.74) is 0.669. The smallest absolute Gasteiger partial charge is 0.186 e. The average molecular weight is 316 g/mol. The molecule has 0 radical (unpaired) electrons. The van der Waals surface area contributed by atoms with E-state index in [0.717, 1.165) is 0 Å². The largest absolute Gasteiger partial charge is 0.360 e. The average Bonchev–Trinajstić information content (AvgIpc) is 2.63.